The molecule has 1 saturated heterocycles. The third-order valence-corrected chi connectivity index (χ3v) is 4.30. The standard InChI is InChI=1S/C15H15F2N3O2S/c16-11-2-1-9(6-12(11)17)5-10-7-19-15(23-10)20-14(21)13-8-22-4-3-18-13/h1-2,6-7,13,18H,3-5,8H2,(H,19,20,21). The van der Waals surface area contributed by atoms with Gasteiger partial charge in [-0.05, 0) is 17.7 Å². The molecule has 0 spiro atoms. The van der Waals surface area contributed by atoms with Crippen LogP contribution in [0.3, 0.4) is 0 Å². The zero-order chi connectivity index (χ0) is 16.2. The molecule has 8 heteroatoms. The highest BCUT2D eigenvalue weighted by Crippen LogP contribution is 2.22. The van der Waals surface area contributed by atoms with Crippen molar-refractivity contribution in [2.24, 2.45) is 0 Å². The van der Waals surface area contributed by atoms with Crippen molar-refractivity contribution in [1.29, 1.82) is 0 Å². The number of benzene rings is 1. The monoisotopic (exact) mass is 339 g/mol. The fourth-order valence-corrected chi connectivity index (χ4v) is 3.07. The number of rotatable bonds is 4. The summed E-state index contributed by atoms with van der Waals surface area (Å²) >= 11 is 1.30. The van der Waals surface area contributed by atoms with E-state index in [1.54, 1.807) is 6.20 Å². The van der Waals surface area contributed by atoms with Crippen LogP contribution in [0.5, 0.6) is 0 Å². The summed E-state index contributed by atoms with van der Waals surface area (Å²) in [4.78, 5) is 17.0. The first-order valence-corrected chi connectivity index (χ1v) is 7.94. The molecule has 1 aliphatic heterocycles. The van der Waals surface area contributed by atoms with Crippen LogP contribution in [-0.2, 0) is 16.0 Å². The van der Waals surface area contributed by atoms with Crippen molar-refractivity contribution in [2.75, 3.05) is 25.1 Å². The van der Waals surface area contributed by atoms with Crippen molar-refractivity contribution >= 4 is 22.4 Å². The fourth-order valence-electron chi connectivity index (χ4n) is 2.22. The molecule has 2 heterocycles. The first-order valence-electron chi connectivity index (χ1n) is 7.12. The lowest BCUT2D eigenvalue weighted by atomic mass is 10.1. The van der Waals surface area contributed by atoms with E-state index in [-0.39, 0.29) is 11.9 Å². The van der Waals surface area contributed by atoms with Gasteiger partial charge >= 0.3 is 0 Å². The number of hydrogen-bond acceptors (Lipinski definition) is 5. The molecule has 1 amide bonds. The molecule has 1 unspecified atom stereocenters. The van der Waals surface area contributed by atoms with Gasteiger partial charge in [0.05, 0.1) is 13.2 Å². The second-order valence-electron chi connectivity index (χ2n) is 5.13. The highest BCUT2D eigenvalue weighted by molar-refractivity contribution is 7.15. The molecule has 0 radical (unpaired) electrons. The van der Waals surface area contributed by atoms with Gasteiger partial charge < -0.3 is 15.4 Å². The Hall–Kier alpha value is -1.90. The van der Waals surface area contributed by atoms with E-state index in [4.69, 9.17) is 4.74 Å². The van der Waals surface area contributed by atoms with Crippen molar-refractivity contribution in [3.8, 4) is 0 Å². The van der Waals surface area contributed by atoms with E-state index in [1.165, 1.54) is 17.4 Å². The SMILES string of the molecule is O=C(Nc1ncc(Cc2ccc(F)c(F)c2)s1)C1COCCN1. The van der Waals surface area contributed by atoms with Gasteiger partial charge in [0.2, 0.25) is 5.91 Å². The summed E-state index contributed by atoms with van der Waals surface area (Å²) in [6.07, 6.45) is 2.04. The summed E-state index contributed by atoms with van der Waals surface area (Å²) in [7, 11) is 0. The van der Waals surface area contributed by atoms with Crippen molar-refractivity contribution in [2.45, 2.75) is 12.5 Å². The van der Waals surface area contributed by atoms with E-state index in [9.17, 15) is 13.6 Å². The molecule has 2 N–H and O–H groups in total. The highest BCUT2D eigenvalue weighted by atomic mass is 32.1. The van der Waals surface area contributed by atoms with Crippen LogP contribution in [-0.4, -0.2) is 36.7 Å². The van der Waals surface area contributed by atoms with Gasteiger partial charge in [0.1, 0.15) is 6.04 Å². The number of nitrogens with zero attached hydrogens (tertiary/aromatic N) is 1. The summed E-state index contributed by atoms with van der Waals surface area (Å²) in [5, 5.41) is 6.26. The van der Waals surface area contributed by atoms with Gasteiger partial charge in [0.15, 0.2) is 16.8 Å². The molecule has 5 nitrogen and oxygen atoms in total. The quantitative estimate of drug-likeness (QED) is 0.894. The Bertz CT molecular complexity index is 702. The van der Waals surface area contributed by atoms with E-state index in [1.807, 2.05) is 0 Å². The normalized spacial score (nSPS) is 17.9. The topological polar surface area (TPSA) is 63.2 Å². The van der Waals surface area contributed by atoms with Crippen LogP contribution in [0.2, 0.25) is 0 Å². The van der Waals surface area contributed by atoms with Crippen molar-refractivity contribution in [3.05, 3.63) is 46.5 Å². The lowest BCUT2D eigenvalue weighted by Gasteiger charge is -2.22. The number of thiazole rings is 1. The number of carbonyl (C=O) groups excluding carboxylic acids is 1. The van der Waals surface area contributed by atoms with Gasteiger partial charge in [0, 0.05) is 24.0 Å². The second kappa shape index (κ2) is 7.12. The number of carbonyl (C=O) groups is 1. The zero-order valence-electron chi connectivity index (χ0n) is 12.1. The van der Waals surface area contributed by atoms with Crippen LogP contribution in [0.1, 0.15) is 10.4 Å². The largest absolute Gasteiger partial charge is 0.378 e. The molecule has 1 atom stereocenters. The molecule has 23 heavy (non-hydrogen) atoms. The van der Waals surface area contributed by atoms with Crippen LogP contribution in [0.25, 0.3) is 0 Å². The molecular weight excluding hydrogens is 324 g/mol. The first-order chi connectivity index (χ1) is 11.1. The minimum absolute atomic E-state index is 0.196. The maximum Gasteiger partial charge on any atom is 0.245 e. The van der Waals surface area contributed by atoms with Crippen molar-refractivity contribution in [1.82, 2.24) is 10.3 Å². The number of anilines is 1. The molecule has 0 saturated carbocycles. The van der Waals surface area contributed by atoms with Crippen LogP contribution >= 0.6 is 11.3 Å². The minimum atomic E-state index is -0.871. The Morgan fingerprint density at radius 2 is 2.30 bits per heavy atom. The molecule has 1 aliphatic rings. The van der Waals surface area contributed by atoms with Crippen LogP contribution in [0.4, 0.5) is 13.9 Å². The Morgan fingerprint density at radius 3 is 3.04 bits per heavy atom. The lowest BCUT2D eigenvalue weighted by Crippen LogP contribution is -2.48. The lowest BCUT2D eigenvalue weighted by molar-refractivity contribution is -0.120. The van der Waals surface area contributed by atoms with Gasteiger partial charge in [-0.1, -0.05) is 6.07 Å². The Kier molecular flexibility index (Phi) is 4.94. The molecule has 0 aliphatic carbocycles. The first kappa shape index (κ1) is 16.0. The second-order valence-corrected chi connectivity index (χ2v) is 6.24. The van der Waals surface area contributed by atoms with E-state index < -0.39 is 11.6 Å². The molecule has 1 fully saturated rings. The van der Waals surface area contributed by atoms with Gasteiger partial charge in [-0.2, -0.15) is 0 Å². The molecule has 2 aromatic rings. The average molecular weight is 339 g/mol. The molecule has 1 aromatic carbocycles. The van der Waals surface area contributed by atoms with E-state index in [0.717, 1.165) is 17.0 Å². The van der Waals surface area contributed by atoms with E-state index in [2.05, 4.69) is 15.6 Å². The van der Waals surface area contributed by atoms with Crippen molar-refractivity contribution in [3.63, 3.8) is 0 Å². The summed E-state index contributed by atoms with van der Waals surface area (Å²) in [5.74, 6) is -1.93. The minimum Gasteiger partial charge on any atom is -0.378 e. The Labute approximate surface area is 135 Å². The molecular formula is C15H15F2N3O2S. The number of halogens is 2. The molecule has 1 aromatic heterocycles. The van der Waals surface area contributed by atoms with Gasteiger partial charge in [-0.3, -0.25) is 4.79 Å². The summed E-state index contributed by atoms with van der Waals surface area (Å²) in [5.41, 5.74) is 0.646. The molecule has 122 valence electrons. The van der Waals surface area contributed by atoms with Gasteiger partial charge in [0.25, 0.3) is 0 Å². The van der Waals surface area contributed by atoms with Gasteiger partial charge in [-0.15, -0.1) is 11.3 Å². The van der Waals surface area contributed by atoms with Crippen molar-refractivity contribution < 1.29 is 18.3 Å². The predicted molar refractivity (Wildman–Crippen MR) is 82.5 cm³/mol. The highest BCUT2D eigenvalue weighted by Gasteiger charge is 2.22. The maximum absolute atomic E-state index is 13.2. The number of nitrogens with one attached hydrogen (secondary N) is 2. The number of ether oxygens (including phenoxy) is 1. The Balaban J connectivity index is 1.61. The number of aromatic nitrogens is 1. The predicted octanol–water partition coefficient (Wildman–Crippen LogP) is 1.94. The summed E-state index contributed by atoms with van der Waals surface area (Å²) < 4.78 is 31.4. The van der Waals surface area contributed by atoms with Crippen LogP contribution in [0, 0.1) is 11.6 Å². The molecule has 0 bridgehead atoms. The maximum atomic E-state index is 13.2. The molecule has 3 rings (SSSR count). The average Bonchev–Trinajstić information content (AvgIpc) is 2.99. The summed E-state index contributed by atoms with van der Waals surface area (Å²) in [6.45, 7) is 1.57. The van der Waals surface area contributed by atoms with Crippen LogP contribution in [0.15, 0.2) is 24.4 Å². The Morgan fingerprint density at radius 1 is 1.43 bits per heavy atom. The smallest absolute Gasteiger partial charge is 0.245 e. The van der Waals surface area contributed by atoms with E-state index in [0.29, 0.717) is 36.9 Å². The zero-order valence-corrected chi connectivity index (χ0v) is 13.0. The third kappa shape index (κ3) is 4.10. The number of morpholine rings is 1. The third-order valence-electron chi connectivity index (χ3n) is 3.38. The number of hydrogen-bond donors (Lipinski definition) is 2. The van der Waals surface area contributed by atoms with Gasteiger partial charge in [-0.25, -0.2) is 13.8 Å². The number of amides is 1. The van der Waals surface area contributed by atoms with Crippen LogP contribution < -0.4 is 10.6 Å². The summed E-state index contributed by atoms with van der Waals surface area (Å²) in [6, 6.07) is 3.40. The van der Waals surface area contributed by atoms with E-state index >= 15 is 0 Å². The fraction of sp³-hybridized carbons (Fsp3) is 0.333.